The third-order valence-electron chi connectivity index (χ3n) is 3.70. The van der Waals surface area contributed by atoms with E-state index in [1.165, 1.54) is 23.9 Å². The average molecular weight is 381 g/mol. The van der Waals surface area contributed by atoms with Crippen molar-refractivity contribution in [2.45, 2.75) is 17.2 Å². The van der Waals surface area contributed by atoms with Gasteiger partial charge in [0.2, 0.25) is 0 Å². The van der Waals surface area contributed by atoms with Crippen molar-refractivity contribution in [3.8, 4) is 23.0 Å². The Kier molecular flexibility index (Phi) is 3.98. The highest BCUT2D eigenvalue weighted by Gasteiger charge is 2.43. The van der Waals surface area contributed by atoms with Crippen molar-refractivity contribution in [2.75, 3.05) is 14.2 Å². The average Bonchev–Trinajstić information content (AvgIpc) is 3.14. The fraction of sp³-hybridized carbons (Fsp3) is 0.250. The van der Waals surface area contributed by atoms with E-state index in [9.17, 15) is 8.78 Å². The SMILES string of the molecule is COc1ccnc(CSc2nc3cc4c(cc3[nH]2)OC(F)(F)O4)c1OC. The molecule has 10 heteroatoms. The topological polar surface area (TPSA) is 78.5 Å². The molecule has 0 aliphatic carbocycles. The number of nitrogens with zero attached hydrogens (tertiary/aromatic N) is 2. The number of hydrogen-bond donors (Lipinski definition) is 1. The van der Waals surface area contributed by atoms with E-state index < -0.39 is 6.29 Å². The molecule has 26 heavy (non-hydrogen) atoms. The highest BCUT2D eigenvalue weighted by molar-refractivity contribution is 7.98. The molecule has 1 aromatic carbocycles. The summed E-state index contributed by atoms with van der Waals surface area (Å²) in [5, 5.41) is 0.599. The summed E-state index contributed by atoms with van der Waals surface area (Å²) in [5.74, 6) is 1.56. The highest BCUT2D eigenvalue weighted by atomic mass is 32.2. The molecule has 1 N–H and O–H groups in total. The number of ether oxygens (including phenoxy) is 4. The zero-order valence-corrected chi connectivity index (χ0v) is 14.5. The molecule has 136 valence electrons. The third kappa shape index (κ3) is 2.96. The summed E-state index contributed by atoms with van der Waals surface area (Å²) in [7, 11) is 3.10. The van der Waals surface area contributed by atoms with E-state index in [4.69, 9.17) is 9.47 Å². The number of thioether (sulfide) groups is 1. The van der Waals surface area contributed by atoms with E-state index in [0.717, 1.165) is 0 Å². The first kappa shape index (κ1) is 16.7. The number of rotatable bonds is 5. The lowest BCUT2D eigenvalue weighted by molar-refractivity contribution is -0.286. The molecule has 1 aliphatic heterocycles. The van der Waals surface area contributed by atoms with Crippen LogP contribution >= 0.6 is 11.8 Å². The number of fused-ring (bicyclic) bond motifs is 2. The molecule has 0 spiro atoms. The van der Waals surface area contributed by atoms with E-state index in [-0.39, 0.29) is 11.5 Å². The van der Waals surface area contributed by atoms with Crippen molar-refractivity contribution in [3.05, 3.63) is 30.1 Å². The van der Waals surface area contributed by atoms with Gasteiger partial charge in [-0.25, -0.2) is 4.98 Å². The lowest BCUT2D eigenvalue weighted by Gasteiger charge is -2.10. The van der Waals surface area contributed by atoms with Gasteiger partial charge < -0.3 is 23.9 Å². The minimum absolute atomic E-state index is 0.0289. The second-order valence-electron chi connectivity index (χ2n) is 5.31. The largest absolute Gasteiger partial charge is 0.586 e. The maximum absolute atomic E-state index is 13.1. The molecule has 0 saturated carbocycles. The molecule has 0 bridgehead atoms. The first-order valence-corrected chi connectivity index (χ1v) is 8.46. The number of alkyl halides is 2. The smallest absolute Gasteiger partial charge is 0.493 e. The van der Waals surface area contributed by atoms with E-state index in [0.29, 0.717) is 39.1 Å². The molecule has 0 unspecified atom stereocenters. The van der Waals surface area contributed by atoms with Gasteiger partial charge in [0.15, 0.2) is 28.2 Å². The molecule has 0 fully saturated rings. The predicted molar refractivity (Wildman–Crippen MR) is 89.2 cm³/mol. The van der Waals surface area contributed by atoms with Gasteiger partial charge in [-0.1, -0.05) is 11.8 Å². The Morgan fingerprint density at radius 1 is 1.19 bits per heavy atom. The zero-order chi connectivity index (χ0) is 18.3. The summed E-state index contributed by atoms with van der Waals surface area (Å²) in [6.45, 7) is 0. The number of imidazole rings is 1. The molecular formula is C16H13F2N3O4S. The summed E-state index contributed by atoms with van der Waals surface area (Å²) in [6, 6.07) is 4.56. The van der Waals surface area contributed by atoms with Crippen LogP contribution in [0.1, 0.15) is 5.69 Å². The lowest BCUT2D eigenvalue weighted by atomic mass is 10.3. The first-order valence-electron chi connectivity index (χ1n) is 7.47. The monoisotopic (exact) mass is 381 g/mol. The van der Waals surface area contributed by atoms with Crippen LogP contribution in [0, 0.1) is 0 Å². The van der Waals surface area contributed by atoms with Crippen molar-refractivity contribution >= 4 is 22.8 Å². The van der Waals surface area contributed by atoms with Crippen LogP contribution in [0.25, 0.3) is 11.0 Å². The van der Waals surface area contributed by atoms with Gasteiger partial charge in [0.25, 0.3) is 0 Å². The van der Waals surface area contributed by atoms with Crippen LogP contribution in [0.15, 0.2) is 29.6 Å². The highest BCUT2D eigenvalue weighted by Crippen LogP contribution is 2.43. The van der Waals surface area contributed by atoms with E-state index in [1.807, 2.05) is 0 Å². The number of methoxy groups -OCH3 is 2. The molecule has 0 saturated heterocycles. The van der Waals surface area contributed by atoms with Gasteiger partial charge in [0.1, 0.15) is 0 Å². The molecule has 2 aromatic heterocycles. The van der Waals surface area contributed by atoms with Crippen molar-refractivity contribution < 1.29 is 27.7 Å². The lowest BCUT2D eigenvalue weighted by Crippen LogP contribution is -2.25. The van der Waals surface area contributed by atoms with Gasteiger partial charge in [-0.15, -0.1) is 8.78 Å². The van der Waals surface area contributed by atoms with Crippen molar-refractivity contribution in [3.63, 3.8) is 0 Å². The molecule has 4 rings (SSSR count). The van der Waals surface area contributed by atoms with Crippen LogP contribution in [0.4, 0.5) is 8.78 Å². The van der Waals surface area contributed by atoms with Crippen molar-refractivity contribution in [1.82, 2.24) is 15.0 Å². The quantitative estimate of drug-likeness (QED) is 0.677. The maximum Gasteiger partial charge on any atom is 0.586 e. The second kappa shape index (κ2) is 6.20. The molecule has 3 heterocycles. The number of aromatic amines is 1. The Labute approximate surface area is 150 Å². The number of halogens is 2. The Hall–Kier alpha value is -2.75. The van der Waals surface area contributed by atoms with Crippen LogP contribution in [-0.2, 0) is 5.75 Å². The second-order valence-corrected chi connectivity index (χ2v) is 6.27. The van der Waals surface area contributed by atoms with Gasteiger partial charge >= 0.3 is 6.29 Å². The molecule has 7 nitrogen and oxygen atoms in total. The maximum atomic E-state index is 13.1. The molecule has 3 aromatic rings. The molecule has 0 amide bonds. The van der Waals surface area contributed by atoms with Gasteiger partial charge in [-0.05, 0) is 0 Å². The number of benzene rings is 1. The van der Waals surface area contributed by atoms with E-state index in [1.54, 1.807) is 26.5 Å². The predicted octanol–water partition coefficient (Wildman–Crippen LogP) is 3.59. The van der Waals surface area contributed by atoms with Crippen LogP contribution < -0.4 is 18.9 Å². The van der Waals surface area contributed by atoms with Crippen molar-refractivity contribution in [1.29, 1.82) is 0 Å². The van der Waals surface area contributed by atoms with Gasteiger partial charge in [0.05, 0.1) is 30.9 Å². The fourth-order valence-corrected chi connectivity index (χ4v) is 3.41. The van der Waals surface area contributed by atoms with Gasteiger partial charge in [-0.2, -0.15) is 0 Å². The Morgan fingerprint density at radius 3 is 2.69 bits per heavy atom. The number of hydrogen-bond acceptors (Lipinski definition) is 7. The molecule has 0 atom stereocenters. The summed E-state index contributed by atoms with van der Waals surface area (Å²) < 4.78 is 45.7. The first-order chi connectivity index (χ1) is 12.5. The minimum atomic E-state index is -3.65. The zero-order valence-electron chi connectivity index (χ0n) is 13.7. The normalized spacial score (nSPS) is 14.6. The molecular weight excluding hydrogens is 368 g/mol. The van der Waals surface area contributed by atoms with Crippen molar-refractivity contribution in [2.24, 2.45) is 0 Å². The standard InChI is InChI=1S/C16H13F2N3O4S/c1-22-11-3-4-19-10(14(11)23-2)7-26-15-20-8-5-12-13(6-9(8)21-15)25-16(17,18)24-12/h3-6H,7H2,1-2H3,(H,20,21). The summed E-state index contributed by atoms with van der Waals surface area (Å²) >= 11 is 1.39. The van der Waals surface area contributed by atoms with Crippen LogP contribution in [0.2, 0.25) is 0 Å². The number of aromatic nitrogens is 3. The van der Waals surface area contributed by atoms with Gasteiger partial charge in [0, 0.05) is 30.1 Å². The summed E-state index contributed by atoms with van der Waals surface area (Å²) in [5.41, 5.74) is 1.77. The van der Waals surface area contributed by atoms with Gasteiger partial charge in [-0.3, -0.25) is 4.98 Å². The van der Waals surface area contributed by atoms with Crippen LogP contribution in [0.5, 0.6) is 23.0 Å². The van der Waals surface area contributed by atoms with Crippen LogP contribution in [-0.4, -0.2) is 35.5 Å². The van der Waals surface area contributed by atoms with Crippen LogP contribution in [0.3, 0.4) is 0 Å². The number of nitrogens with one attached hydrogen (secondary N) is 1. The number of H-pyrrole nitrogens is 1. The Bertz CT molecular complexity index is 935. The number of pyridine rings is 1. The fourth-order valence-electron chi connectivity index (χ4n) is 2.59. The minimum Gasteiger partial charge on any atom is -0.493 e. The molecule has 1 aliphatic rings. The van der Waals surface area contributed by atoms with E-state index >= 15 is 0 Å². The molecule has 0 radical (unpaired) electrons. The third-order valence-corrected chi connectivity index (χ3v) is 4.58. The summed E-state index contributed by atoms with van der Waals surface area (Å²) in [4.78, 5) is 11.7. The summed E-state index contributed by atoms with van der Waals surface area (Å²) in [6.07, 6.45) is -2.01. The van der Waals surface area contributed by atoms with E-state index in [2.05, 4.69) is 24.4 Å². The Morgan fingerprint density at radius 2 is 1.96 bits per heavy atom. The Balaban J connectivity index is 1.56.